The molecule has 2 atom stereocenters. The highest BCUT2D eigenvalue weighted by atomic mass is 16.6. The van der Waals surface area contributed by atoms with Crippen LogP contribution in [0.1, 0.15) is 6.92 Å². The predicted molar refractivity (Wildman–Crippen MR) is 43.6 cm³/mol. The van der Waals surface area contributed by atoms with E-state index in [4.69, 9.17) is 24.1 Å². The van der Waals surface area contributed by atoms with Crippen molar-refractivity contribution in [2.24, 2.45) is 0 Å². The van der Waals surface area contributed by atoms with Crippen LogP contribution in [0, 0.1) is 0 Å². The number of aliphatic carboxylic acids is 1. The Bertz CT molecular complexity index is 146. The first-order valence-electron chi connectivity index (χ1n) is 4.19. The summed E-state index contributed by atoms with van der Waals surface area (Å²) in [6.07, 6.45) is 0.785. The van der Waals surface area contributed by atoms with Gasteiger partial charge in [0.05, 0.1) is 26.4 Å². The van der Waals surface area contributed by atoms with Gasteiger partial charge in [0.1, 0.15) is 12.2 Å². The fourth-order valence-corrected chi connectivity index (χ4v) is 0.659. The minimum absolute atomic E-state index is 0.392. The molecule has 0 spiro atoms. The molecular weight excluding hydrogens is 176 g/mol. The molecule has 1 N–H and O–H groups in total. The van der Waals surface area contributed by atoms with Gasteiger partial charge < -0.3 is 19.3 Å². The molecule has 2 aliphatic heterocycles. The van der Waals surface area contributed by atoms with Crippen LogP contribution in [0.5, 0.6) is 0 Å². The molecule has 0 amide bonds. The van der Waals surface area contributed by atoms with Gasteiger partial charge in [-0.2, -0.15) is 0 Å². The Balaban J connectivity index is 0.000000184. The number of hydrogen-bond donors (Lipinski definition) is 1. The van der Waals surface area contributed by atoms with Crippen molar-refractivity contribution in [1.82, 2.24) is 0 Å². The van der Waals surface area contributed by atoms with Gasteiger partial charge in [0, 0.05) is 6.92 Å². The molecule has 2 rings (SSSR count). The van der Waals surface area contributed by atoms with E-state index >= 15 is 0 Å². The van der Waals surface area contributed by atoms with Gasteiger partial charge in [-0.1, -0.05) is 0 Å². The average molecular weight is 190 g/mol. The molecule has 0 saturated carbocycles. The highest BCUT2D eigenvalue weighted by Crippen LogP contribution is 2.12. The number of hydrogen-bond acceptors (Lipinski definition) is 4. The maximum Gasteiger partial charge on any atom is 0.300 e. The molecule has 0 bridgehead atoms. The minimum Gasteiger partial charge on any atom is -0.481 e. The van der Waals surface area contributed by atoms with Crippen molar-refractivity contribution in [1.29, 1.82) is 0 Å². The van der Waals surface area contributed by atoms with Gasteiger partial charge >= 0.3 is 0 Å². The van der Waals surface area contributed by atoms with Gasteiger partial charge in [-0.05, 0) is 0 Å². The van der Waals surface area contributed by atoms with E-state index in [9.17, 15) is 0 Å². The number of carbonyl (C=O) groups is 1. The number of rotatable bonds is 4. The Morgan fingerprint density at radius 1 is 1.38 bits per heavy atom. The largest absolute Gasteiger partial charge is 0.481 e. The summed E-state index contributed by atoms with van der Waals surface area (Å²) in [6.45, 7) is 4.34. The zero-order valence-corrected chi connectivity index (χ0v) is 7.56. The molecule has 13 heavy (non-hydrogen) atoms. The molecule has 5 heteroatoms. The Morgan fingerprint density at radius 2 is 1.69 bits per heavy atom. The van der Waals surface area contributed by atoms with Crippen LogP contribution in [-0.4, -0.2) is 49.7 Å². The maximum absolute atomic E-state index is 9.00. The van der Waals surface area contributed by atoms with Crippen molar-refractivity contribution in [3.05, 3.63) is 0 Å². The number of carboxylic acid groups (broad SMARTS) is 1. The summed E-state index contributed by atoms with van der Waals surface area (Å²) in [4.78, 5) is 9.00. The van der Waals surface area contributed by atoms with E-state index in [0.29, 0.717) is 12.2 Å². The SMILES string of the molecule is C(OCC1CO1)C1CO1.CC(=O)O. The summed E-state index contributed by atoms with van der Waals surface area (Å²) in [5.41, 5.74) is 0. The third-order valence-electron chi connectivity index (χ3n) is 1.41. The highest BCUT2D eigenvalue weighted by molar-refractivity contribution is 5.62. The van der Waals surface area contributed by atoms with Gasteiger partial charge in [0.15, 0.2) is 0 Å². The van der Waals surface area contributed by atoms with E-state index in [0.717, 1.165) is 33.4 Å². The van der Waals surface area contributed by atoms with E-state index < -0.39 is 5.97 Å². The topological polar surface area (TPSA) is 71.6 Å². The molecular formula is C8H14O5. The van der Waals surface area contributed by atoms with E-state index in [-0.39, 0.29) is 0 Å². The second kappa shape index (κ2) is 5.16. The second-order valence-electron chi connectivity index (χ2n) is 2.97. The minimum atomic E-state index is -0.833. The van der Waals surface area contributed by atoms with E-state index in [1.165, 1.54) is 0 Å². The van der Waals surface area contributed by atoms with Crippen LogP contribution in [0.4, 0.5) is 0 Å². The molecule has 5 nitrogen and oxygen atoms in total. The Hall–Kier alpha value is -0.650. The first kappa shape index (κ1) is 10.4. The molecule has 0 aromatic carbocycles. The van der Waals surface area contributed by atoms with E-state index in [2.05, 4.69) is 0 Å². The van der Waals surface area contributed by atoms with Crippen LogP contribution in [0.15, 0.2) is 0 Å². The molecule has 0 aromatic heterocycles. The van der Waals surface area contributed by atoms with Crippen molar-refractivity contribution in [3.8, 4) is 0 Å². The second-order valence-corrected chi connectivity index (χ2v) is 2.97. The zero-order chi connectivity index (χ0) is 9.68. The molecule has 2 saturated heterocycles. The predicted octanol–water partition coefficient (Wildman–Crippen LogP) is -0.109. The van der Waals surface area contributed by atoms with Crippen LogP contribution in [0.3, 0.4) is 0 Å². The number of carboxylic acids is 1. The first-order valence-corrected chi connectivity index (χ1v) is 4.19. The smallest absolute Gasteiger partial charge is 0.300 e. The maximum atomic E-state index is 9.00. The standard InChI is InChI=1S/C6H10O3.C2H4O2/c1(5-3-8-5)7-2-6-4-9-6;1-2(3)4/h5-6H,1-4H2;1H3,(H,3,4). The summed E-state index contributed by atoms with van der Waals surface area (Å²) in [6, 6.07) is 0. The molecule has 0 radical (unpaired) electrons. The van der Waals surface area contributed by atoms with Crippen molar-refractivity contribution >= 4 is 5.97 Å². The van der Waals surface area contributed by atoms with Crippen LogP contribution in [-0.2, 0) is 19.0 Å². The third-order valence-corrected chi connectivity index (χ3v) is 1.41. The summed E-state index contributed by atoms with van der Waals surface area (Å²) in [7, 11) is 0. The normalized spacial score (nSPS) is 28.7. The van der Waals surface area contributed by atoms with Crippen molar-refractivity contribution < 1.29 is 24.1 Å². The van der Waals surface area contributed by atoms with E-state index in [1.807, 2.05) is 0 Å². The van der Waals surface area contributed by atoms with Gasteiger partial charge in [-0.15, -0.1) is 0 Å². The monoisotopic (exact) mass is 190 g/mol. The summed E-state index contributed by atoms with van der Waals surface area (Å²) >= 11 is 0. The van der Waals surface area contributed by atoms with Crippen LogP contribution in [0.25, 0.3) is 0 Å². The van der Waals surface area contributed by atoms with Crippen molar-refractivity contribution in [3.63, 3.8) is 0 Å². The van der Waals surface area contributed by atoms with Crippen LogP contribution >= 0.6 is 0 Å². The third kappa shape index (κ3) is 7.70. The van der Waals surface area contributed by atoms with Crippen LogP contribution < -0.4 is 0 Å². The first-order chi connectivity index (χ1) is 6.18. The Labute approximate surface area is 76.6 Å². The molecule has 2 unspecified atom stereocenters. The zero-order valence-electron chi connectivity index (χ0n) is 7.56. The fourth-order valence-electron chi connectivity index (χ4n) is 0.659. The molecule has 76 valence electrons. The molecule has 0 aliphatic carbocycles. The van der Waals surface area contributed by atoms with E-state index in [1.54, 1.807) is 0 Å². The van der Waals surface area contributed by atoms with Crippen molar-refractivity contribution in [2.45, 2.75) is 19.1 Å². The highest BCUT2D eigenvalue weighted by Gasteiger charge is 2.26. The van der Waals surface area contributed by atoms with Gasteiger partial charge in [-0.25, -0.2) is 0 Å². The van der Waals surface area contributed by atoms with Gasteiger partial charge in [-0.3, -0.25) is 4.79 Å². The fraction of sp³-hybridized carbons (Fsp3) is 0.875. The molecule has 2 fully saturated rings. The lowest BCUT2D eigenvalue weighted by Gasteiger charge is -1.95. The lowest BCUT2D eigenvalue weighted by atomic mass is 10.5. The molecule has 2 heterocycles. The lowest BCUT2D eigenvalue weighted by Crippen LogP contribution is -2.06. The summed E-state index contributed by atoms with van der Waals surface area (Å²) < 4.78 is 15.1. The lowest BCUT2D eigenvalue weighted by molar-refractivity contribution is -0.134. The van der Waals surface area contributed by atoms with Crippen LogP contribution in [0.2, 0.25) is 0 Å². The summed E-state index contributed by atoms with van der Waals surface area (Å²) in [5, 5.41) is 7.42. The Kier molecular flexibility index (Phi) is 4.14. The quantitative estimate of drug-likeness (QED) is 0.626. The average Bonchev–Trinajstić information content (AvgIpc) is 2.78. The molecule has 2 aliphatic rings. The number of epoxide rings is 2. The van der Waals surface area contributed by atoms with Crippen molar-refractivity contribution in [2.75, 3.05) is 26.4 Å². The van der Waals surface area contributed by atoms with Gasteiger partial charge in [0.25, 0.3) is 5.97 Å². The van der Waals surface area contributed by atoms with Gasteiger partial charge in [0.2, 0.25) is 0 Å². The number of ether oxygens (including phenoxy) is 3. The Morgan fingerprint density at radius 3 is 1.92 bits per heavy atom. The molecule has 0 aromatic rings. The summed E-state index contributed by atoms with van der Waals surface area (Å²) in [5.74, 6) is -0.833.